The largest absolute Gasteiger partial charge is 0.340 e. The zero-order valence-corrected chi connectivity index (χ0v) is 20.4. The highest BCUT2D eigenvalue weighted by Gasteiger charge is 2.24. The second-order valence-electron chi connectivity index (χ2n) is 7.42. The zero-order valence-electron chi connectivity index (χ0n) is 18.0. The number of benzene rings is 1. The number of hydrogen-bond donors (Lipinski definition) is 1. The van der Waals surface area contributed by atoms with Crippen LogP contribution in [0.4, 0.5) is 0 Å². The SMILES string of the molecule is Cc1nc(-c2c(C)c(C)nn(C)c2=O)sc1C(=O)NC(c1ccc(Cl)cc1)c1cccs1. The van der Waals surface area contributed by atoms with Crippen molar-refractivity contribution >= 4 is 40.2 Å². The predicted octanol–water partition coefficient (Wildman–Crippen LogP) is 5.06. The molecule has 9 heteroatoms. The van der Waals surface area contributed by atoms with Crippen LogP contribution in [0.25, 0.3) is 10.6 Å². The third kappa shape index (κ3) is 4.26. The molecule has 0 aliphatic carbocycles. The van der Waals surface area contributed by atoms with Crippen LogP contribution in [0.15, 0.2) is 46.6 Å². The summed E-state index contributed by atoms with van der Waals surface area (Å²) in [7, 11) is 1.62. The molecule has 0 fully saturated rings. The van der Waals surface area contributed by atoms with Gasteiger partial charge in [0.15, 0.2) is 0 Å². The molecule has 1 N–H and O–H groups in total. The zero-order chi connectivity index (χ0) is 23.0. The fourth-order valence-electron chi connectivity index (χ4n) is 3.44. The highest BCUT2D eigenvalue weighted by Crippen LogP contribution is 2.31. The molecule has 0 bridgehead atoms. The minimum atomic E-state index is -0.317. The van der Waals surface area contributed by atoms with Crippen LogP contribution in [-0.4, -0.2) is 20.7 Å². The Labute approximate surface area is 198 Å². The number of thiazole rings is 1. The fourth-order valence-corrected chi connectivity index (χ4v) is 5.43. The highest BCUT2D eigenvalue weighted by atomic mass is 35.5. The van der Waals surface area contributed by atoms with E-state index < -0.39 is 0 Å². The van der Waals surface area contributed by atoms with Crippen molar-refractivity contribution in [2.75, 3.05) is 0 Å². The van der Waals surface area contributed by atoms with Gasteiger partial charge in [0.25, 0.3) is 11.5 Å². The van der Waals surface area contributed by atoms with Gasteiger partial charge in [-0.25, -0.2) is 9.67 Å². The monoisotopic (exact) mass is 484 g/mol. The van der Waals surface area contributed by atoms with Gasteiger partial charge in [-0.2, -0.15) is 5.10 Å². The Kier molecular flexibility index (Phi) is 6.28. The van der Waals surface area contributed by atoms with E-state index in [1.165, 1.54) is 16.0 Å². The number of hydrogen-bond acceptors (Lipinski definition) is 6. The van der Waals surface area contributed by atoms with Crippen LogP contribution < -0.4 is 10.9 Å². The van der Waals surface area contributed by atoms with Gasteiger partial charge in [0, 0.05) is 16.9 Å². The molecule has 0 aliphatic heterocycles. The first-order valence-electron chi connectivity index (χ1n) is 9.88. The number of halogens is 1. The second-order valence-corrected chi connectivity index (χ2v) is 9.84. The van der Waals surface area contributed by atoms with E-state index in [-0.39, 0.29) is 17.5 Å². The van der Waals surface area contributed by atoms with Crippen LogP contribution in [0.1, 0.15) is 43.1 Å². The van der Waals surface area contributed by atoms with Gasteiger partial charge in [-0.05, 0) is 55.5 Å². The summed E-state index contributed by atoms with van der Waals surface area (Å²) in [6.45, 7) is 5.48. The van der Waals surface area contributed by atoms with E-state index >= 15 is 0 Å². The molecule has 4 rings (SSSR count). The molecule has 1 amide bonds. The molecule has 164 valence electrons. The average molecular weight is 485 g/mol. The van der Waals surface area contributed by atoms with Crippen molar-refractivity contribution in [2.45, 2.75) is 26.8 Å². The van der Waals surface area contributed by atoms with Gasteiger partial charge in [0.2, 0.25) is 0 Å². The number of nitrogens with zero attached hydrogens (tertiary/aromatic N) is 3. The number of carbonyl (C=O) groups is 1. The van der Waals surface area contributed by atoms with E-state index in [0.29, 0.717) is 26.2 Å². The summed E-state index contributed by atoms with van der Waals surface area (Å²) < 4.78 is 1.31. The van der Waals surface area contributed by atoms with Gasteiger partial charge in [-0.15, -0.1) is 22.7 Å². The minimum Gasteiger partial charge on any atom is -0.340 e. The van der Waals surface area contributed by atoms with E-state index in [1.54, 1.807) is 25.3 Å². The van der Waals surface area contributed by atoms with Crippen LogP contribution in [0.3, 0.4) is 0 Å². The number of rotatable bonds is 5. The first-order chi connectivity index (χ1) is 15.3. The van der Waals surface area contributed by atoms with Gasteiger partial charge < -0.3 is 5.32 Å². The lowest BCUT2D eigenvalue weighted by molar-refractivity contribution is 0.0947. The molecule has 32 heavy (non-hydrogen) atoms. The lowest BCUT2D eigenvalue weighted by Crippen LogP contribution is -2.28. The van der Waals surface area contributed by atoms with E-state index in [4.69, 9.17) is 11.6 Å². The number of aryl methyl sites for hydroxylation is 3. The van der Waals surface area contributed by atoms with Crippen LogP contribution >= 0.6 is 34.3 Å². The number of nitrogens with one attached hydrogen (secondary N) is 1. The molecule has 0 saturated heterocycles. The van der Waals surface area contributed by atoms with Crippen molar-refractivity contribution in [1.82, 2.24) is 20.1 Å². The summed E-state index contributed by atoms with van der Waals surface area (Å²) in [6.07, 6.45) is 0. The maximum atomic E-state index is 13.3. The van der Waals surface area contributed by atoms with Gasteiger partial charge in [-0.3, -0.25) is 9.59 Å². The van der Waals surface area contributed by atoms with Crippen LogP contribution in [0.5, 0.6) is 0 Å². The molecule has 0 saturated carbocycles. The van der Waals surface area contributed by atoms with Crippen molar-refractivity contribution in [3.63, 3.8) is 0 Å². The van der Waals surface area contributed by atoms with Crippen molar-refractivity contribution in [3.8, 4) is 10.6 Å². The maximum Gasteiger partial charge on any atom is 0.277 e. The summed E-state index contributed by atoms with van der Waals surface area (Å²) in [5.74, 6) is -0.236. The maximum absolute atomic E-state index is 13.3. The molecule has 0 aliphatic rings. The molecule has 0 radical (unpaired) electrons. The molecular formula is C23H21ClN4O2S2. The van der Waals surface area contributed by atoms with Crippen molar-refractivity contribution < 1.29 is 4.79 Å². The van der Waals surface area contributed by atoms with E-state index in [0.717, 1.165) is 21.7 Å². The third-order valence-corrected chi connectivity index (χ3v) is 7.61. The summed E-state index contributed by atoms with van der Waals surface area (Å²) in [5.41, 5.74) is 3.29. The predicted molar refractivity (Wildman–Crippen MR) is 130 cm³/mol. The van der Waals surface area contributed by atoms with E-state index in [9.17, 15) is 9.59 Å². The number of carbonyl (C=O) groups excluding carboxylic acids is 1. The standard InChI is InChI=1S/C23H21ClN4O2S2/c1-12-13(2)27-28(4)23(30)18(12)22-25-14(3)20(32-22)21(29)26-19(17-6-5-11-31-17)15-7-9-16(24)10-8-15/h5-11,19H,1-4H3,(H,26,29). The molecular weight excluding hydrogens is 464 g/mol. The Morgan fingerprint density at radius 3 is 2.50 bits per heavy atom. The van der Waals surface area contributed by atoms with Crippen LogP contribution in [-0.2, 0) is 7.05 Å². The smallest absolute Gasteiger partial charge is 0.277 e. The van der Waals surface area contributed by atoms with Gasteiger partial charge in [-0.1, -0.05) is 29.8 Å². The molecule has 4 aromatic rings. The minimum absolute atomic E-state index is 0.230. The topological polar surface area (TPSA) is 76.9 Å². The van der Waals surface area contributed by atoms with Crippen LogP contribution in [0, 0.1) is 20.8 Å². The van der Waals surface area contributed by atoms with Gasteiger partial charge in [0.05, 0.1) is 23.0 Å². The van der Waals surface area contributed by atoms with E-state index in [2.05, 4.69) is 15.4 Å². The van der Waals surface area contributed by atoms with Crippen molar-refractivity contribution in [3.05, 3.63) is 89.4 Å². The van der Waals surface area contributed by atoms with E-state index in [1.807, 2.05) is 55.6 Å². The molecule has 3 aromatic heterocycles. The first-order valence-corrected chi connectivity index (χ1v) is 12.0. The molecule has 6 nitrogen and oxygen atoms in total. The lowest BCUT2D eigenvalue weighted by atomic mass is 10.1. The summed E-state index contributed by atoms with van der Waals surface area (Å²) >= 11 is 8.84. The Morgan fingerprint density at radius 2 is 1.84 bits per heavy atom. The van der Waals surface area contributed by atoms with Crippen molar-refractivity contribution in [2.24, 2.45) is 7.05 Å². The Balaban J connectivity index is 1.71. The molecule has 3 heterocycles. The van der Waals surface area contributed by atoms with Gasteiger partial charge >= 0.3 is 0 Å². The molecule has 0 spiro atoms. The van der Waals surface area contributed by atoms with Gasteiger partial charge in [0.1, 0.15) is 9.88 Å². The third-order valence-electron chi connectivity index (χ3n) is 5.25. The second kappa shape index (κ2) is 8.97. The quantitative estimate of drug-likeness (QED) is 0.429. The Bertz CT molecular complexity index is 1340. The summed E-state index contributed by atoms with van der Waals surface area (Å²) in [6, 6.07) is 11.1. The molecule has 1 atom stereocenters. The highest BCUT2D eigenvalue weighted by molar-refractivity contribution is 7.17. The average Bonchev–Trinajstić information content (AvgIpc) is 3.42. The number of amides is 1. The molecule has 1 aromatic carbocycles. The summed E-state index contributed by atoms with van der Waals surface area (Å²) in [4.78, 5) is 32.1. The Hall–Kier alpha value is -2.81. The summed E-state index contributed by atoms with van der Waals surface area (Å²) in [5, 5.41) is 10.5. The first kappa shape index (κ1) is 22.4. The number of thiophene rings is 1. The Morgan fingerprint density at radius 1 is 1.12 bits per heavy atom. The lowest BCUT2D eigenvalue weighted by Gasteiger charge is -2.18. The van der Waals surface area contributed by atoms with Crippen LogP contribution in [0.2, 0.25) is 5.02 Å². The number of aromatic nitrogens is 3. The normalized spacial score (nSPS) is 12.0. The molecule has 1 unspecified atom stereocenters. The fraction of sp³-hybridized carbons (Fsp3) is 0.217. The van der Waals surface area contributed by atoms with Crippen molar-refractivity contribution in [1.29, 1.82) is 0 Å².